The molecule has 0 radical (unpaired) electrons. The van der Waals surface area contributed by atoms with Crippen molar-refractivity contribution in [3.05, 3.63) is 0 Å². The summed E-state index contributed by atoms with van der Waals surface area (Å²) in [5, 5.41) is 0. The zero-order chi connectivity index (χ0) is 6.41. The Morgan fingerprint density at radius 2 is 0.625 bits per heavy atom. The van der Waals surface area contributed by atoms with Crippen LogP contribution >= 0.6 is 0 Å². The number of halogens is 6. The summed E-state index contributed by atoms with van der Waals surface area (Å²) in [6.45, 7) is 0. The van der Waals surface area contributed by atoms with E-state index >= 15 is 0 Å². The maximum absolute atomic E-state index is 11.2. The van der Waals surface area contributed by atoms with E-state index in [0.717, 1.165) is 0 Å². The molecule has 8 heavy (non-hydrogen) atoms. The van der Waals surface area contributed by atoms with Gasteiger partial charge in [0, 0.05) is 0 Å². The molecule has 0 unspecified atom stereocenters. The Kier molecular flexibility index (Phi) is 2.36. The minimum absolute atomic E-state index is 0. The Hall–Kier alpha value is 1.14. The summed E-state index contributed by atoms with van der Waals surface area (Å²) >= 11 is -11.2. The number of hydrogen-bond acceptors (Lipinski definition) is 0. The second-order valence-electron chi connectivity index (χ2n) is 0.958. The van der Waals surface area contributed by atoms with Gasteiger partial charge in [-0.2, -0.15) is 0 Å². The molecule has 0 aliphatic carbocycles. The molecule has 0 rings (SSSR count). The quantitative estimate of drug-likeness (QED) is 0.467. The van der Waals surface area contributed by atoms with E-state index in [9.17, 15) is 16.9 Å². The third kappa shape index (κ3) is 208. The average molecular weight is 344 g/mol. The van der Waals surface area contributed by atoms with Gasteiger partial charge in [0.2, 0.25) is 0 Å². The molecule has 8 heteroatoms. The van der Waals surface area contributed by atoms with Crippen molar-refractivity contribution in [2.45, 2.75) is 0 Å². The molecule has 0 spiro atoms. The number of hydrogen-bond donors (Lipinski definition) is 0. The molecule has 0 heterocycles. The van der Waals surface area contributed by atoms with Crippen LogP contribution in [0.15, 0.2) is 0 Å². The monoisotopic (exact) mass is 342 g/mol. The van der Waals surface area contributed by atoms with Gasteiger partial charge in [0.1, 0.15) is 0 Å². The van der Waals surface area contributed by atoms with Crippen molar-refractivity contribution < 1.29 is 39.3 Å². The summed E-state index contributed by atoms with van der Waals surface area (Å²) in [4.78, 5) is 0. The SMILES string of the molecule is [Ag+].[F][Sb-]([F])([F])([F])([F])[F]. The molecule has 0 aromatic carbocycles. The minimum atomic E-state index is -11.2. The first-order chi connectivity index (χ1) is 2.45. The molecule has 0 amide bonds. The standard InChI is InChI=1S/Ag.6FH.Sb/h;6*1H;/q+1;;;;;;;+5/p-6. The molecule has 0 N–H and O–H groups in total. The van der Waals surface area contributed by atoms with Gasteiger partial charge in [0.25, 0.3) is 0 Å². The summed E-state index contributed by atoms with van der Waals surface area (Å²) in [6.07, 6.45) is 0. The first-order valence-electron chi connectivity index (χ1n) is 1.01. The van der Waals surface area contributed by atoms with Gasteiger partial charge in [0.05, 0.1) is 0 Å². The topological polar surface area (TPSA) is 0 Å². The first-order valence-corrected chi connectivity index (χ1v) is 6.80. The Morgan fingerprint density at radius 3 is 0.625 bits per heavy atom. The molecule has 0 nitrogen and oxygen atoms in total. The molecular formula is AgF6Sb. The van der Waals surface area contributed by atoms with Crippen LogP contribution in [-0.2, 0) is 22.4 Å². The predicted octanol–water partition coefficient (Wildman–Crippen LogP) is 2.14. The summed E-state index contributed by atoms with van der Waals surface area (Å²) in [7, 11) is 0. The van der Waals surface area contributed by atoms with Crippen LogP contribution in [0.4, 0.5) is 16.9 Å². The van der Waals surface area contributed by atoms with Gasteiger partial charge in [-0.3, -0.25) is 0 Å². The summed E-state index contributed by atoms with van der Waals surface area (Å²) in [5.74, 6) is 0. The van der Waals surface area contributed by atoms with Gasteiger partial charge < -0.3 is 0 Å². The summed E-state index contributed by atoms with van der Waals surface area (Å²) < 4.78 is 59.6. The van der Waals surface area contributed by atoms with E-state index < -0.39 is 19.5 Å². The predicted molar refractivity (Wildman–Crippen MR) is 12.4 cm³/mol. The molecule has 0 aliphatic heterocycles. The molecule has 0 saturated heterocycles. The van der Waals surface area contributed by atoms with Crippen molar-refractivity contribution in [3.8, 4) is 0 Å². The second kappa shape index (κ2) is 1.59. The van der Waals surface area contributed by atoms with Crippen LogP contribution in [-0.4, -0.2) is 19.5 Å². The van der Waals surface area contributed by atoms with Crippen LogP contribution in [0.3, 0.4) is 0 Å². The van der Waals surface area contributed by atoms with Crippen LogP contribution in [0.2, 0.25) is 0 Å². The van der Waals surface area contributed by atoms with Gasteiger partial charge in [0.15, 0.2) is 0 Å². The fourth-order valence-electron chi connectivity index (χ4n) is 0. The Bertz CT molecular complexity index is 67.1. The molecule has 0 aliphatic rings. The van der Waals surface area contributed by atoms with E-state index in [2.05, 4.69) is 0 Å². The normalized spacial score (nSPS) is 20.2. The fraction of sp³-hybridized carbons (Fsp3) is 0. The van der Waals surface area contributed by atoms with E-state index in [1.54, 1.807) is 0 Å². The van der Waals surface area contributed by atoms with E-state index in [1.807, 2.05) is 0 Å². The van der Waals surface area contributed by atoms with Crippen LogP contribution in [0.25, 0.3) is 0 Å². The van der Waals surface area contributed by atoms with Crippen LogP contribution in [0.1, 0.15) is 0 Å². The van der Waals surface area contributed by atoms with Gasteiger partial charge in [-0.25, -0.2) is 0 Å². The van der Waals surface area contributed by atoms with Crippen molar-refractivity contribution in [2.24, 2.45) is 0 Å². The summed E-state index contributed by atoms with van der Waals surface area (Å²) in [6, 6.07) is 0. The molecule has 0 fully saturated rings. The second-order valence-corrected chi connectivity index (χ2v) is 6.43. The van der Waals surface area contributed by atoms with E-state index in [-0.39, 0.29) is 22.4 Å². The van der Waals surface area contributed by atoms with Crippen molar-refractivity contribution >= 4 is 19.5 Å². The third-order valence-corrected chi connectivity index (χ3v) is 0. The van der Waals surface area contributed by atoms with Crippen LogP contribution in [0.5, 0.6) is 0 Å². The van der Waals surface area contributed by atoms with Crippen LogP contribution < -0.4 is 0 Å². The molecule has 0 saturated carbocycles. The first kappa shape index (κ1) is 11.9. The zero-order valence-corrected chi connectivity index (χ0v) is 7.05. The Morgan fingerprint density at radius 1 is 0.625 bits per heavy atom. The Balaban J connectivity index is 0. The van der Waals surface area contributed by atoms with E-state index in [4.69, 9.17) is 0 Å². The van der Waals surface area contributed by atoms with E-state index in [1.165, 1.54) is 0 Å². The maximum atomic E-state index is 9.93. The Labute approximate surface area is 58.6 Å². The molecule has 0 aromatic rings. The average Bonchev–Trinajstić information content (AvgIpc) is 0.592. The molecule has 0 aromatic heterocycles. The van der Waals surface area contributed by atoms with Gasteiger partial charge in [-0.15, -0.1) is 0 Å². The zero-order valence-electron chi connectivity index (χ0n) is 3.02. The van der Waals surface area contributed by atoms with Crippen molar-refractivity contribution in [2.75, 3.05) is 0 Å². The number of rotatable bonds is 0. The van der Waals surface area contributed by atoms with Crippen molar-refractivity contribution in [1.82, 2.24) is 0 Å². The fourth-order valence-corrected chi connectivity index (χ4v) is 0. The molecule has 0 atom stereocenters. The molecular weight excluding hydrogens is 344 g/mol. The van der Waals surface area contributed by atoms with Crippen molar-refractivity contribution in [3.63, 3.8) is 0 Å². The van der Waals surface area contributed by atoms with Crippen molar-refractivity contribution in [1.29, 1.82) is 0 Å². The molecule has 0 bridgehead atoms. The van der Waals surface area contributed by atoms with Gasteiger partial charge >= 0.3 is 58.7 Å². The van der Waals surface area contributed by atoms with Gasteiger partial charge in [-0.05, 0) is 0 Å². The molecule has 58 valence electrons. The third-order valence-electron chi connectivity index (χ3n) is 0. The summed E-state index contributed by atoms with van der Waals surface area (Å²) in [5.41, 5.74) is 0. The van der Waals surface area contributed by atoms with E-state index in [0.29, 0.717) is 0 Å². The van der Waals surface area contributed by atoms with Crippen LogP contribution in [0, 0.1) is 0 Å². The van der Waals surface area contributed by atoms with Gasteiger partial charge in [-0.1, -0.05) is 0 Å².